The van der Waals surface area contributed by atoms with Crippen LogP contribution in [0.1, 0.15) is 38.2 Å². The van der Waals surface area contributed by atoms with E-state index in [1.807, 2.05) is 18.2 Å². The first-order valence-corrected chi connectivity index (χ1v) is 9.45. The number of hydrogen-bond donors (Lipinski definition) is 1. The molecule has 2 fully saturated rings. The highest BCUT2D eigenvalue weighted by Gasteiger charge is 2.43. The number of piperidine rings is 2. The Morgan fingerprint density at radius 3 is 2.58 bits per heavy atom. The van der Waals surface area contributed by atoms with Gasteiger partial charge in [0.25, 0.3) is 0 Å². The predicted octanol–water partition coefficient (Wildman–Crippen LogP) is 2.88. The summed E-state index contributed by atoms with van der Waals surface area (Å²) in [7, 11) is 0. The first-order valence-electron chi connectivity index (χ1n) is 9.45. The van der Waals surface area contributed by atoms with E-state index in [1.54, 1.807) is 11.8 Å². The number of likely N-dealkylation sites (tertiary alicyclic amines) is 2. The van der Waals surface area contributed by atoms with Gasteiger partial charge in [0.05, 0.1) is 0 Å². The van der Waals surface area contributed by atoms with E-state index in [-0.39, 0.29) is 11.3 Å². The third kappa shape index (κ3) is 4.33. The summed E-state index contributed by atoms with van der Waals surface area (Å²) in [6.07, 6.45) is 7.79. The third-order valence-corrected chi connectivity index (χ3v) is 5.91. The maximum Gasteiger partial charge on any atom is 0.326 e. The van der Waals surface area contributed by atoms with Crippen molar-refractivity contribution in [2.24, 2.45) is 5.41 Å². The molecule has 0 unspecified atom stereocenters. The molecule has 0 aliphatic carbocycles. The Morgan fingerprint density at radius 1 is 1.23 bits per heavy atom. The number of carboxylic acid groups (broad SMARTS) is 1. The van der Waals surface area contributed by atoms with E-state index in [9.17, 15) is 14.7 Å². The molecule has 0 saturated carbocycles. The molecular formula is C21H28N2O3. The summed E-state index contributed by atoms with van der Waals surface area (Å²) in [5.41, 5.74) is 1.31. The molecule has 1 aromatic rings. The fourth-order valence-corrected chi connectivity index (χ4v) is 4.05. The fraction of sp³-hybridized carbons (Fsp3) is 0.524. The van der Waals surface area contributed by atoms with Crippen LogP contribution < -0.4 is 0 Å². The second-order valence-corrected chi connectivity index (χ2v) is 7.65. The van der Waals surface area contributed by atoms with Crippen LogP contribution in [0.2, 0.25) is 0 Å². The molecule has 3 rings (SSSR count). The first kappa shape index (κ1) is 18.6. The number of benzene rings is 1. The first-order chi connectivity index (χ1) is 12.5. The van der Waals surface area contributed by atoms with Gasteiger partial charge in [0.15, 0.2) is 0 Å². The second kappa shape index (κ2) is 8.04. The SMILES string of the molecule is C[C@H](C(=O)O)N1CC2(CCC1=O)CCN(C/C=C/c1ccccc1)CC2. The van der Waals surface area contributed by atoms with E-state index in [0.717, 1.165) is 38.9 Å². The Balaban J connectivity index is 1.53. The van der Waals surface area contributed by atoms with Gasteiger partial charge in [0, 0.05) is 19.5 Å². The maximum absolute atomic E-state index is 12.1. The molecular weight excluding hydrogens is 328 g/mol. The predicted molar refractivity (Wildman–Crippen MR) is 102 cm³/mol. The number of carbonyl (C=O) groups is 2. The van der Waals surface area contributed by atoms with Gasteiger partial charge >= 0.3 is 5.97 Å². The van der Waals surface area contributed by atoms with Crippen LogP contribution in [0.5, 0.6) is 0 Å². The van der Waals surface area contributed by atoms with Crippen molar-refractivity contribution in [3.05, 3.63) is 42.0 Å². The van der Waals surface area contributed by atoms with E-state index < -0.39 is 12.0 Å². The van der Waals surface area contributed by atoms with Crippen molar-refractivity contribution in [2.45, 2.75) is 38.6 Å². The Kier molecular flexibility index (Phi) is 5.77. The lowest BCUT2D eigenvalue weighted by atomic mass is 9.72. The van der Waals surface area contributed by atoms with Crippen LogP contribution in [0.4, 0.5) is 0 Å². The number of hydrogen-bond acceptors (Lipinski definition) is 3. The van der Waals surface area contributed by atoms with Gasteiger partial charge in [-0.2, -0.15) is 0 Å². The van der Waals surface area contributed by atoms with Crippen molar-refractivity contribution in [1.82, 2.24) is 9.80 Å². The summed E-state index contributed by atoms with van der Waals surface area (Å²) in [5.74, 6) is -0.933. The highest BCUT2D eigenvalue weighted by molar-refractivity contribution is 5.84. The van der Waals surface area contributed by atoms with Gasteiger partial charge in [-0.25, -0.2) is 4.79 Å². The number of nitrogens with zero attached hydrogens (tertiary/aromatic N) is 2. The quantitative estimate of drug-likeness (QED) is 0.881. The van der Waals surface area contributed by atoms with Crippen LogP contribution in [-0.2, 0) is 9.59 Å². The summed E-state index contributed by atoms with van der Waals surface area (Å²) in [5, 5.41) is 9.26. The minimum Gasteiger partial charge on any atom is -0.480 e. The van der Waals surface area contributed by atoms with E-state index in [4.69, 9.17) is 0 Å². The molecule has 5 heteroatoms. The Labute approximate surface area is 155 Å². The highest BCUT2D eigenvalue weighted by Crippen LogP contribution is 2.40. The zero-order chi connectivity index (χ0) is 18.6. The van der Waals surface area contributed by atoms with Crippen molar-refractivity contribution >= 4 is 18.0 Å². The molecule has 0 aromatic heterocycles. The van der Waals surface area contributed by atoms with Gasteiger partial charge < -0.3 is 10.0 Å². The van der Waals surface area contributed by atoms with Gasteiger partial charge in [0.1, 0.15) is 6.04 Å². The summed E-state index contributed by atoms with van der Waals surface area (Å²) in [6.45, 7) is 5.14. The molecule has 2 heterocycles. The van der Waals surface area contributed by atoms with Crippen molar-refractivity contribution in [2.75, 3.05) is 26.2 Å². The largest absolute Gasteiger partial charge is 0.480 e. The second-order valence-electron chi connectivity index (χ2n) is 7.65. The third-order valence-electron chi connectivity index (χ3n) is 5.91. The molecule has 140 valence electrons. The summed E-state index contributed by atoms with van der Waals surface area (Å²) in [6, 6.07) is 9.56. The summed E-state index contributed by atoms with van der Waals surface area (Å²) in [4.78, 5) is 27.5. The van der Waals surface area contributed by atoms with Crippen LogP contribution >= 0.6 is 0 Å². The lowest BCUT2D eigenvalue weighted by Gasteiger charge is -2.48. The molecule has 1 atom stereocenters. The normalized spacial score (nSPS) is 22.0. The summed E-state index contributed by atoms with van der Waals surface area (Å²) >= 11 is 0. The fourth-order valence-electron chi connectivity index (χ4n) is 4.05. The maximum atomic E-state index is 12.1. The van der Waals surface area contributed by atoms with Crippen LogP contribution in [-0.4, -0.2) is 59.0 Å². The Morgan fingerprint density at radius 2 is 1.92 bits per heavy atom. The molecule has 2 saturated heterocycles. The monoisotopic (exact) mass is 356 g/mol. The number of aliphatic carboxylic acids is 1. The van der Waals surface area contributed by atoms with E-state index in [0.29, 0.717) is 13.0 Å². The molecule has 1 amide bonds. The molecule has 2 aliphatic rings. The minimum atomic E-state index is -0.918. The zero-order valence-corrected chi connectivity index (χ0v) is 15.4. The molecule has 1 spiro atoms. The van der Waals surface area contributed by atoms with Gasteiger partial charge in [-0.05, 0) is 50.3 Å². The van der Waals surface area contributed by atoms with Gasteiger partial charge in [-0.3, -0.25) is 9.69 Å². The highest BCUT2D eigenvalue weighted by atomic mass is 16.4. The average Bonchev–Trinajstić information content (AvgIpc) is 2.66. The van der Waals surface area contributed by atoms with E-state index >= 15 is 0 Å². The average molecular weight is 356 g/mol. The van der Waals surface area contributed by atoms with Crippen LogP contribution in [0, 0.1) is 5.41 Å². The lowest BCUT2D eigenvalue weighted by molar-refractivity contribution is -0.154. The molecule has 26 heavy (non-hydrogen) atoms. The molecule has 1 aromatic carbocycles. The molecule has 2 aliphatic heterocycles. The van der Waals surface area contributed by atoms with Crippen LogP contribution in [0.15, 0.2) is 36.4 Å². The molecule has 0 radical (unpaired) electrons. The van der Waals surface area contributed by atoms with E-state index in [1.165, 1.54) is 5.56 Å². The Bertz CT molecular complexity index is 663. The Hall–Kier alpha value is -2.14. The van der Waals surface area contributed by atoms with Crippen molar-refractivity contribution in [3.8, 4) is 0 Å². The topological polar surface area (TPSA) is 60.9 Å². The number of carboxylic acids is 1. The smallest absolute Gasteiger partial charge is 0.326 e. The van der Waals surface area contributed by atoms with Gasteiger partial charge in [-0.1, -0.05) is 42.5 Å². The molecule has 1 N–H and O–H groups in total. The summed E-state index contributed by atoms with van der Waals surface area (Å²) < 4.78 is 0. The number of amides is 1. The van der Waals surface area contributed by atoms with Crippen molar-refractivity contribution in [3.63, 3.8) is 0 Å². The minimum absolute atomic E-state index is 0.0150. The standard InChI is InChI=1S/C21H28N2O3/c1-17(20(25)26)23-16-21(10-9-19(23)24)11-14-22(15-12-21)13-5-8-18-6-3-2-4-7-18/h2-8,17H,9-16H2,1H3,(H,25,26)/b8-5+/t17-/m1/s1. The van der Waals surface area contributed by atoms with E-state index in [2.05, 4.69) is 29.2 Å². The van der Waals surface area contributed by atoms with Crippen LogP contribution in [0.3, 0.4) is 0 Å². The number of rotatable bonds is 5. The molecule has 0 bridgehead atoms. The zero-order valence-electron chi connectivity index (χ0n) is 15.4. The number of carbonyl (C=O) groups excluding carboxylic acids is 1. The van der Waals surface area contributed by atoms with Gasteiger partial charge in [-0.15, -0.1) is 0 Å². The lowest BCUT2D eigenvalue weighted by Crippen LogP contribution is -2.55. The molecule has 5 nitrogen and oxygen atoms in total. The van der Waals surface area contributed by atoms with Crippen molar-refractivity contribution in [1.29, 1.82) is 0 Å². The van der Waals surface area contributed by atoms with Gasteiger partial charge in [0.2, 0.25) is 5.91 Å². The van der Waals surface area contributed by atoms with Crippen molar-refractivity contribution < 1.29 is 14.7 Å². The van der Waals surface area contributed by atoms with Crippen LogP contribution in [0.25, 0.3) is 6.08 Å².